The number of ether oxygens (including phenoxy) is 1. The molecule has 88 valence electrons. The van der Waals surface area contributed by atoms with Gasteiger partial charge in [-0.2, -0.15) is 0 Å². The van der Waals surface area contributed by atoms with Gasteiger partial charge in [0, 0.05) is 5.56 Å². The van der Waals surface area contributed by atoms with Crippen LogP contribution in [0.3, 0.4) is 0 Å². The molecule has 1 aliphatic rings. The SMILES string of the molecule is CCCC1Oc2c(Cl)cc(Cl)c(Cl)c2C1N. The molecule has 0 fully saturated rings. The number of nitrogens with two attached hydrogens (primary N) is 1. The molecule has 2 N–H and O–H groups in total. The Morgan fingerprint density at radius 1 is 1.31 bits per heavy atom. The van der Waals surface area contributed by atoms with E-state index in [4.69, 9.17) is 45.3 Å². The zero-order chi connectivity index (χ0) is 11.9. The Kier molecular flexibility index (Phi) is 3.55. The van der Waals surface area contributed by atoms with E-state index < -0.39 is 0 Å². The van der Waals surface area contributed by atoms with Gasteiger partial charge in [0.05, 0.1) is 21.1 Å². The van der Waals surface area contributed by atoms with E-state index in [2.05, 4.69) is 6.92 Å². The largest absolute Gasteiger partial charge is 0.486 e. The molecule has 2 atom stereocenters. The maximum absolute atomic E-state index is 6.12. The summed E-state index contributed by atoms with van der Waals surface area (Å²) in [5, 5.41) is 1.34. The fourth-order valence-electron chi connectivity index (χ4n) is 1.95. The molecule has 1 aliphatic heterocycles. The normalized spacial score (nSPS) is 23.1. The van der Waals surface area contributed by atoms with Crippen molar-refractivity contribution in [3.63, 3.8) is 0 Å². The highest BCUT2D eigenvalue weighted by molar-refractivity contribution is 6.44. The Morgan fingerprint density at radius 3 is 2.62 bits per heavy atom. The van der Waals surface area contributed by atoms with Crippen LogP contribution in [0.4, 0.5) is 0 Å². The topological polar surface area (TPSA) is 35.2 Å². The van der Waals surface area contributed by atoms with Gasteiger partial charge in [0.2, 0.25) is 0 Å². The monoisotopic (exact) mass is 279 g/mol. The van der Waals surface area contributed by atoms with E-state index in [-0.39, 0.29) is 12.1 Å². The van der Waals surface area contributed by atoms with Crippen LogP contribution in [0.5, 0.6) is 5.75 Å². The minimum absolute atomic E-state index is 0.0616. The summed E-state index contributed by atoms with van der Waals surface area (Å²) in [4.78, 5) is 0. The van der Waals surface area contributed by atoms with Crippen LogP contribution in [0.25, 0.3) is 0 Å². The number of halogens is 3. The zero-order valence-corrected chi connectivity index (χ0v) is 11.0. The van der Waals surface area contributed by atoms with Crippen molar-refractivity contribution in [2.24, 2.45) is 5.73 Å². The molecule has 0 aliphatic carbocycles. The molecule has 0 bridgehead atoms. The highest BCUT2D eigenvalue weighted by atomic mass is 35.5. The van der Waals surface area contributed by atoms with Gasteiger partial charge < -0.3 is 10.5 Å². The van der Waals surface area contributed by atoms with Gasteiger partial charge in [-0.25, -0.2) is 0 Å². The first-order valence-corrected chi connectivity index (χ1v) is 6.29. The van der Waals surface area contributed by atoms with E-state index in [9.17, 15) is 0 Å². The molecule has 16 heavy (non-hydrogen) atoms. The lowest BCUT2D eigenvalue weighted by Gasteiger charge is -2.13. The summed E-state index contributed by atoms with van der Waals surface area (Å²) in [7, 11) is 0. The van der Waals surface area contributed by atoms with Crippen LogP contribution in [0.15, 0.2) is 6.07 Å². The van der Waals surface area contributed by atoms with Crippen molar-refractivity contribution < 1.29 is 4.74 Å². The van der Waals surface area contributed by atoms with Crippen molar-refractivity contribution in [1.82, 2.24) is 0 Å². The molecule has 2 unspecified atom stereocenters. The summed E-state index contributed by atoms with van der Waals surface area (Å²) in [6.07, 6.45) is 1.81. The minimum Gasteiger partial charge on any atom is -0.486 e. The van der Waals surface area contributed by atoms with Gasteiger partial charge in [-0.3, -0.25) is 0 Å². The molecule has 0 saturated carbocycles. The van der Waals surface area contributed by atoms with E-state index >= 15 is 0 Å². The van der Waals surface area contributed by atoms with E-state index in [1.807, 2.05) is 0 Å². The number of hydrogen-bond donors (Lipinski definition) is 1. The van der Waals surface area contributed by atoms with Crippen LogP contribution in [0.1, 0.15) is 31.4 Å². The Hall–Kier alpha value is -0.150. The molecular formula is C11H12Cl3NO. The van der Waals surface area contributed by atoms with Crippen molar-refractivity contribution in [2.75, 3.05) is 0 Å². The van der Waals surface area contributed by atoms with Gasteiger partial charge in [0.15, 0.2) is 0 Å². The molecule has 1 heterocycles. The van der Waals surface area contributed by atoms with Gasteiger partial charge in [0.1, 0.15) is 11.9 Å². The number of fused-ring (bicyclic) bond motifs is 1. The standard InChI is InChI=1S/C11H12Cl3NO/c1-2-3-7-10(15)8-9(14)5(12)4-6(13)11(8)16-7/h4,7,10H,2-3,15H2,1H3. The maximum atomic E-state index is 6.12. The summed E-state index contributed by atoms with van der Waals surface area (Å²) < 4.78 is 5.73. The first-order valence-electron chi connectivity index (χ1n) is 5.15. The summed E-state index contributed by atoms with van der Waals surface area (Å²) >= 11 is 18.1. The lowest BCUT2D eigenvalue weighted by Crippen LogP contribution is -2.25. The van der Waals surface area contributed by atoms with Crippen molar-refractivity contribution in [1.29, 1.82) is 0 Å². The van der Waals surface area contributed by atoms with Crippen molar-refractivity contribution in [2.45, 2.75) is 31.9 Å². The van der Waals surface area contributed by atoms with E-state index in [1.165, 1.54) is 0 Å². The molecule has 0 spiro atoms. The summed E-state index contributed by atoms with van der Waals surface area (Å²) in [5.74, 6) is 0.585. The molecule has 2 nitrogen and oxygen atoms in total. The van der Waals surface area contributed by atoms with Crippen molar-refractivity contribution in [3.8, 4) is 5.75 Å². The van der Waals surface area contributed by atoms with Gasteiger partial charge in [-0.1, -0.05) is 48.1 Å². The molecular weight excluding hydrogens is 268 g/mol. The summed E-state index contributed by atoms with van der Waals surface area (Å²) in [6, 6.07) is 1.34. The van der Waals surface area contributed by atoms with Crippen molar-refractivity contribution >= 4 is 34.8 Å². The Labute approximate surface area is 110 Å². The molecule has 1 aromatic rings. The van der Waals surface area contributed by atoms with E-state index in [1.54, 1.807) is 6.07 Å². The van der Waals surface area contributed by atoms with E-state index in [0.717, 1.165) is 18.4 Å². The van der Waals surface area contributed by atoms with Gasteiger partial charge in [-0.15, -0.1) is 0 Å². The third kappa shape index (κ3) is 1.88. The fraction of sp³-hybridized carbons (Fsp3) is 0.455. The predicted octanol–water partition coefficient (Wildman–Crippen LogP) is 4.21. The van der Waals surface area contributed by atoms with Crippen LogP contribution >= 0.6 is 34.8 Å². The van der Waals surface area contributed by atoms with Crippen LogP contribution in [0.2, 0.25) is 15.1 Å². The second kappa shape index (κ2) is 4.61. The zero-order valence-electron chi connectivity index (χ0n) is 8.77. The summed E-state index contributed by atoms with van der Waals surface area (Å²) in [6.45, 7) is 2.08. The molecule has 2 rings (SSSR count). The van der Waals surface area contributed by atoms with E-state index in [0.29, 0.717) is 20.8 Å². The minimum atomic E-state index is -0.251. The number of rotatable bonds is 2. The summed E-state index contributed by atoms with van der Waals surface area (Å²) in [5.41, 5.74) is 6.82. The van der Waals surface area contributed by atoms with Crippen LogP contribution in [-0.4, -0.2) is 6.10 Å². The molecule has 1 aromatic carbocycles. The van der Waals surface area contributed by atoms with Crippen LogP contribution in [0, 0.1) is 0 Å². The third-order valence-corrected chi connectivity index (χ3v) is 3.82. The number of hydrogen-bond acceptors (Lipinski definition) is 2. The Balaban J connectivity index is 2.47. The molecule has 5 heteroatoms. The first-order chi connectivity index (χ1) is 7.56. The average molecular weight is 281 g/mol. The highest BCUT2D eigenvalue weighted by Gasteiger charge is 2.35. The fourth-order valence-corrected chi connectivity index (χ4v) is 2.74. The van der Waals surface area contributed by atoms with Gasteiger partial charge in [-0.05, 0) is 12.5 Å². The lowest BCUT2D eigenvalue weighted by atomic mass is 10.0. The van der Waals surface area contributed by atoms with Crippen molar-refractivity contribution in [3.05, 3.63) is 26.7 Å². The first kappa shape index (κ1) is 12.3. The molecule has 0 saturated heterocycles. The smallest absolute Gasteiger partial charge is 0.144 e. The Bertz CT molecular complexity index is 422. The third-order valence-electron chi connectivity index (χ3n) is 2.74. The average Bonchev–Trinajstić information content (AvgIpc) is 2.55. The second-order valence-electron chi connectivity index (χ2n) is 3.87. The maximum Gasteiger partial charge on any atom is 0.144 e. The second-order valence-corrected chi connectivity index (χ2v) is 5.06. The van der Waals surface area contributed by atoms with Crippen LogP contribution < -0.4 is 10.5 Å². The highest BCUT2D eigenvalue weighted by Crippen LogP contribution is 2.48. The molecule has 0 amide bonds. The molecule has 0 radical (unpaired) electrons. The number of benzene rings is 1. The predicted molar refractivity (Wildman–Crippen MR) is 67.7 cm³/mol. The van der Waals surface area contributed by atoms with Gasteiger partial charge in [0.25, 0.3) is 0 Å². The quantitative estimate of drug-likeness (QED) is 0.824. The Morgan fingerprint density at radius 2 is 2.00 bits per heavy atom. The van der Waals surface area contributed by atoms with Gasteiger partial charge >= 0.3 is 0 Å². The molecule has 0 aromatic heterocycles. The lowest BCUT2D eigenvalue weighted by molar-refractivity contribution is 0.195. The van der Waals surface area contributed by atoms with Crippen LogP contribution in [-0.2, 0) is 0 Å².